The molecule has 0 aromatic carbocycles. The first-order valence-corrected chi connectivity index (χ1v) is 9.03. The minimum atomic E-state index is -0.626. The fraction of sp³-hybridized carbons (Fsp3) is 0.944. The highest BCUT2D eigenvalue weighted by molar-refractivity contribution is 5.69. The van der Waals surface area contributed by atoms with Gasteiger partial charge in [0.15, 0.2) is 0 Å². The number of nitrogens with one attached hydrogen (secondary N) is 1. The molecule has 0 aliphatic carbocycles. The number of ether oxygens (including phenoxy) is 2. The molecule has 2 N–H and O–H groups in total. The molecule has 1 saturated heterocycles. The molecule has 0 radical (unpaired) electrons. The summed E-state index contributed by atoms with van der Waals surface area (Å²) in [7, 11) is 0. The van der Waals surface area contributed by atoms with E-state index in [0.717, 1.165) is 58.0 Å². The summed E-state index contributed by atoms with van der Waals surface area (Å²) in [5.74, 6) is -0.101. The summed E-state index contributed by atoms with van der Waals surface area (Å²) >= 11 is 0. The van der Waals surface area contributed by atoms with Crippen molar-refractivity contribution in [3.8, 4) is 0 Å². The molecule has 0 unspecified atom stereocenters. The predicted octanol–water partition coefficient (Wildman–Crippen LogP) is 2.80. The third-order valence-electron chi connectivity index (χ3n) is 3.99. The molecule has 0 aromatic rings. The van der Waals surface area contributed by atoms with E-state index in [1.54, 1.807) is 0 Å². The number of hydrogen-bond donors (Lipinski definition) is 2. The van der Waals surface area contributed by atoms with Crippen LogP contribution in [-0.4, -0.2) is 48.6 Å². The van der Waals surface area contributed by atoms with E-state index in [9.17, 15) is 9.90 Å². The molecule has 0 atom stereocenters. The molecule has 0 bridgehead atoms. The number of carbonyl (C=O) groups excluding carboxylic acids is 1. The Labute approximate surface area is 141 Å². The Bertz CT molecular complexity index is 332. The monoisotopic (exact) mass is 329 g/mol. The number of rotatable bonds is 10. The molecule has 136 valence electrons. The maximum absolute atomic E-state index is 11.5. The first-order chi connectivity index (χ1) is 10.8. The minimum Gasteiger partial charge on any atom is -0.460 e. The topological polar surface area (TPSA) is 67.8 Å². The van der Waals surface area contributed by atoms with Crippen LogP contribution in [-0.2, 0) is 14.3 Å². The Morgan fingerprint density at radius 2 is 1.70 bits per heavy atom. The van der Waals surface area contributed by atoms with Gasteiger partial charge in [0.1, 0.15) is 5.60 Å². The summed E-state index contributed by atoms with van der Waals surface area (Å²) in [6.07, 6.45) is 7.23. The molecule has 0 saturated carbocycles. The number of hydrogen-bond acceptors (Lipinski definition) is 5. The average molecular weight is 329 g/mol. The van der Waals surface area contributed by atoms with Crippen LogP contribution < -0.4 is 5.32 Å². The molecular formula is C18H35NO4. The zero-order valence-electron chi connectivity index (χ0n) is 15.2. The number of carbonyl (C=O) groups is 1. The highest BCUT2D eigenvalue weighted by Gasteiger charge is 2.28. The van der Waals surface area contributed by atoms with Gasteiger partial charge in [-0.3, -0.25) is 4.79 Å². The first kappa shape index (κ1) is 20.4. The standard InChI is InChI=1S/C18H35NO4/c1-17(2,3)23-16(20)9-7-5-4-6-8-14-22-15-18(21)10-12-19-13-11-18/h19,21H,4-15H2,1-3H3. The van der Waals surface area contributed by atoms with Crippen molar-refractivity contribution >= 4 is 5.97 Å². The number of aliphatic hydroxyl groups is 1. The second-order valence-corrected chi connectivity index (χ2v) is 7.63. The van der Waals surface area contributed by atoms with E-state index in [-0.39, 0.29) is 11.6 Å². The van der Waals surface area contributed by atoms with Gasteiger partial charge in [-0.1, -0.05) is 19.3 Å². The van der Waals surface area contributed by atoms with Crippen LogP contribution in [0.5, 0.6) is 0 Å². The van der Waals surface area contributed by atoms with Gasteiger partial charge in [0.05, 0.1) is 12.2 Å². The van der Waals surface area contributed by atoms with Gasteiger partial charge in [-0.2, -0.15) is 0 Å². The zero-order chi connectivity index (χ0) is 17.2. The van der Waals surface area contributed by atoms with Gasteiger partial charge in [0.2, 0.25) is 0 Å². The molecule has 5 heteroatoms. The lowest BCUT2D eigenvalue weighted by Crippen LogP contribution is -2.45. The SMILES string of the molecule is CC(C)(C)OC(=O)CCCCCCCOCC1(O)CCNCC1. The van der Waals surface area contributed by atoms with E-state index in [4.69, 9.17) is 9.47 Å². The quantitative estimate of drug-likeness (QED) is 0.476. The molecule has 0 amide bonds. The van der Waals surface area contributed by atoms with Gasteiger partial charge in [-0.15, -0.1) is 0 Å². The minimum absolute atomic E-state index is 0.101. The first-order valence-electron chi connectivity index (χ1n) is 9.03. The fourth-order valence-electron chi connectivity index (χ4n) is 2.69. The largest absolute Gasteiger partial charge is 0.460 e. The lowest BCUT2D eigenvalue weighted by molar-refractivity contribution is -0.154. The smallest absolute Gasteiger partial charge is 0.306 e. The number of piperidine rings is 1. The second-order valence-electron chi connectivity index (χ2n) is 7.63. The van der Waals surface area contributed by atoms with Crippen molar-refractivity contribution in [1.82, 2.24) is 5.32 Å². The average Bonchev–Trinajstić information content (AvgIpc) is 2.44. The molecule has 1 fully saturated rings. The van der Waals surface area contributed by atoms with Crippen molar-refractivity contribution in [2.45, 2.75) is 83.3 Å². The predicted molar refractivity (Wildman–Crippen MR) is 91.4 cm³/mol. The van der Waals surface area contributed by atoms with Crippen LogP contribution in [0.2, 0.25) is 0 Å². The normalized spacial score (nSPS) is 17.9. The lowest BCUT2D eigenvalue weighted by Gasteiger charge is -2.32. The van der Waals surface area contributed by atoms with Gasteiger partial charge >= 0.3 is 5.97 Å². The van der Waals surface area contributed by atoms with E-state index < -0.39 is 5.60 Å². The molecule has 5 nitrogen and oxygen atoms in total. The van der Waals surface area contributed by atoms with Crippen molar-refractivity contribution < 1.29 is 19.4 Å². The van der Waals surface area contributed by atoms with Crippen LogP contribution in [0.4, 0.5) is 0 Å². The van der Waals surface area contributed by atoms with Crippen molar-refractivity contribution in [2.75, 3.05) is 26.3 Å². The molecule has 1 aliphatic heterocycles. The van der Waals surface area contributed by atoms with E-state index in [1.165, 1.54) is 0 Å². The van der Waals surface area contributed by atoms with E-state index >= 15 is 0 Å². The van der Waals surface area contributed by atoms with Gasteiger partial charge in [-0.25, -0.2) is 0 Å². The molecule has 0 aromatic heterocycles. The summed E-state index contributed by atoms with van der Waals surface area (Å²) in [4.78, 5) is 11.5. The van der Waals surface area contributed by atoms with Gasteiger partial charge in [-0.05, 0) is 59.5 Å². The summed E-state index contributed by atoms with van der Waals surface area (Å²) in [5.41, 5.74) is -1.01. The van der Waals surface area contributed by atoms with Crippen LogP contribution in [0.15, 0.2) is 0 Å². The second kappa shape index (κ2) is 10.3. The summed E-state index contributed by atoms with van der Waals surface area (Å²) in [5, 5.41) is 13.5. The highest BCUT2D eigenvalue weighted by Crippen LogP contribution is 2.18. The van der Waals surface area contributed by atoms with Crippen molar-refractivity contribution in [2.24, 2.45) is 0 Å². The summed E-state index contributed by atoms with van der Waals surface area (Å²) < 4.78 is 10.9. The van der Waals surface area contributed by atoms with E-state index in [0.29, 0.717) is 19.6 Å². The van der Waals surface area contributed by atoms with Crippen LogP contribution in [0, 0.1) is 0 Å². The van der Waals surface area contributed by atoms with Gasteiger partial charge in [0.25, 0.3) is 0 Å². The molecule has 0 spiro atoms. The van der Waals surface area contributed by atoms with Crippen LogP contribution >= 0.6 is 0 Å². The Morgan fingerprint density at radius 1 is 1.09 bits per heavy atom. The summed E-state index contributed by atoms with van der Waals surface area (Å²) in [6, 6.07) is 0. The van der Waals surface area contributed by atoms with Gasteiger partial charge in [0, 0.05) is 13.0 Å². The van der Waals surface area contributed by atoms with E-state index in [1.807, 2.05) is 20.8 Å². The highest BCUT2D eigenvalue weighted by atomic mass is 16.6. The summed E-state index contributed by atoms with van der Waals surface area (Å²) in [6.45, 7) is 8.59. The Balaban J connectivity index is 1.89. The fourth-order valence-corrected chi connectivity index (χ4v) is 2.69. The molecule has 1 aliphatic rings. The third kappa shape index (κ3) is 10.7. The van der Waals surface area contributed by atoms with E-state index in [2.05, 4.69) is 5.32 Å². The maximum atomic E-state index is 11.5. The maximum Gasteiger partial charge on any atom is 0.306 e. The molecular weight excluding hydrogens is 294 g/mol. The Hall–Kier alpha value is -0.650. The van der Waals surface area contributed by atoms with Crippen LogP contribution in [0.3, 0.4) is 0 Å². The van der Waals surface area contributed by atoms with Crippen LogP contribution in [0.25, 0.3) is 0 Å². The van der Waals surface area contributed by atoms with Gasteiger partial charge < -0.3 is 19.9 Å². The molecule has 1 heterocycles. The Kier molecular flexibility index (Phi) is 9.10. The number of unbranched alkanes of at least 4 members (excludes halogenated alkanes) is 4. The van der Waals surface area contributed by atoms with Crippen LogP contribution in [0.1, 0.15) is 72.1 Å². The van der Waals surface area contributed by atoms with Crippen molar-refractivity contribution in [3.05, 3.63) is 0 Å². The Morgan fingerprint density at radius 3 is 2.35 bits per heavy atom. The number of esters is 1. The molecule has 1 rings (SSSR count). The third-order valence-corrected chi connectivity index (χ3v) is 3.99. The van der Waals surface area contributed by atoms with Crippen molar-refractivity contribution in [1.29, 1.82) is 0 Å². The molecule has 23 heavy (non-hydrogen) atoms. The lowest BCUT2D eigenvalue weighted by atomic mass is 9.94. The zero-order valence-corrected chi connectivity index (χ0v) is 15.2. The van der Waals surface area contributed by atoms with Crippen molar-refractivity contribution in [3.63, 3.8) is 0 Å².